The van der Waals surface area contributed by atoms with Crippen LogP contribution in [0, 0.1) is 0 Å². The molecule has 6 nitrogen and oxygen atoms in total. The molecule has 2 aromatic carbocycles. The number of rotatable bonds is 7. The van der Waals surface area contributed by atoms with Crippen molar-refractivity contribution in [1.82, 2.24) is 10.2 Å². The van der Waals surface area contributed by atoms with Crippen LogP contribution in [-0.2, 0) is 9.53 Å². The van der Waals surface area contributed by atoms with Gasteiger partial charge in [-0.05, 0) is 29.3 Å². The van der Waals surface area contributed by atoms with Crippen LogP contribution in [0.15, 0.2) is 48.5 Å². The Morgan fingerprint density at radius 1 is 1.08 bits per heavy atom. The Hall–Kier alpha value is -2.86. The van der Waals surface area contributed by atoms with Crippen LogP contribution in [0.25, 0.3) is 11.1 Å². The molecule has 0 saturated carbocycles. The SMILES string of the molecule is CN(CCNC(=O)OCC1c2ccccc2-c2ccccc21)CC(=O)O. The second-order valence-corrected chi connectivity index (χ2v) is 6.38. The van der Waals surface area contributed by atoms with Crippen LogP contribution in [0.1, 0.15) is 17.0 Å². The maximum absolute atomic E-state index is 12.0. The summed E-state index contributed by atoms with van der Waals surface area (Å²) in [6.07, 6.45) is -0.490. The normalized spacial score (nSPS) is 12.5. The van der Waals surface area contributed by atoms with E-state index in [0.29, 0.717) is 13.1 Å². The predicted molar refractivity (Wildman–Crippen MR) is 98.2 cm³/mol. The number of carbonyl (C=O) groups excluding carboxylic acids is 1. The summed E-state index contributed by atoms with van der Waals surface area (Å²) < 4.78 is 5.42. The summed E-state index contributed by atoms with van der Waals surface area (Å²) in [5.74, 6) is -0.864. The smallest absolute Gasteiger partial charge is 0.407 e. The number of carboxylic acids is 1. The van der Waals surface area contributed by atoms with Crippen molar-refractivity contribution in [1.29, 1.82) is 0 Å². The number of hydrogen-bond donors (Lipinski definition) is 2. The fourth-order valence-electron chi connectivity index (χ4n) is 3.31. The lowest BCUT2D eigenvalue weighted by Crippen LogP contribution is -2.36. The average molecular weight is 354 g/mol. The van der Waals surface area contributed by atoms with Crippen LogP contribution in [0.3, 0.4) is 0 Å². The van der Waals surface area contributed by atoms with Crippen LogP contribution < -0.4 is 5.32 Å². The van der Waals surface area contributed by atoms with Crippen molar-refractivity contribution < 1.29 is 19.4 Å². The molecular formula is C20H22N2O4. The molecule has 0 fully saturated rings. The third kappa shape index (κ3) is 4.03. The Bertz CT molecular complexity index is 760. The first-order valence-electron chi connectivity index (χ1n) is 8.55. The zero-order valence-electron chi connectivity index (χ0n) is 14.6. The summed E-state index contributed by atoms with van der Waals surface area (Å²) in [7, 11) is 1.69. The van der Waals surface area contributed by atoms with E-state index in [-0.39, 0.29) is 19.1 Å². The van der Waals surface area contributed by atoms with E-state index in [9.17, 15) is 9.59 Å². The Labute approximate surface area is 152 Å². The molecule has 0 bridgehead atoms. The average Bonchev–Trinajstić information content (AvgIpc) is 2.93. The van der Waals surface area contributed by atoms with Crippen molar-refractivity contribution in [2.45, 2.75) is 5.92 Å². The van der Waals surface area contributed by atoms with Crippen molar-refractivity contribution in [3.63, 3.8) is 0 Å². The van der Waals surface area contributed by atoms with Crippen LogP contribution >= 0.6 is 0 Å². The fraction of sp³-hybridized carbons (Fsp3) is 0.300. The van der Waals surface area contributed by atoms with Gasteiger partial charge in [0.2, 0.25) is 0 Å². The molecule has 3 rings (SSSR count). The number of benzene rings is 2. The van der Waals surface area contributed by atoms with Gasteiger partial charge >= 0.3 is 12.1 Å². The molecule has 0 aliphatic heterocycles. The van der Waals surface area contributed by atoms with Crippen molar-refractivity contribution in [2.75, 3.05) is 33.3 Å². The molecule has 0 heterocycles. The molecule has 0 spiro atoms. The molecule has 0 saturated heterocycles. The maximum Gasteiger partial charge on any atom is 0.407 e. The number of carbonyl (C=O) groups is 2. The Morgan fingerprint density at radius 2 is 1.65 bits per heavy atom. The third-order valence-corrected chi connectivity index (χ3v) is 4.51. The number of fused-ring (bicyclic) bond motifs is 3. The highest BCUT2D eigenvalue weighted by atomic mass is 16.5. The quantitative estimate of drug-likeness (QED) is 0.799. The van der Waals surface area contributed by atoms with E-state index in [2.05, 4.69) is 29.6 Å². The minimum atomic E-state index is -0.895. The second kappa shape index (κ2) is 8.01. The van der Waals surface area contributed by atoms with Gasteiger partial charge in [0.25, 0.3) is 0 Å². The maximum atomic E-state index is 12.0. The van der Waals surface area contributed by atoms with Gasteiger partial charge in [0.15, 0.2) is 0 Å². The highest BCUT2D eigenvalue weighted by Gasteiger charge is 2.28. The molecule has 1 amide bonds. The number of amides is 1. The Kier molecular flexibility index (Phi) is 5.53. The number of likely N-dealkylation sites (N-methyl/N-ethyl adjacent to an activating group) is 1. The molecule has 1 aliphatic rings. The van der Waals surface area contributed by atoms with Gasteiger partial charge in [-0.2, -0.15) is 0 Å². The number of nitrogens with zero attached hydrogens (tertiary/aromatic N) is 1. The van der Waals surface area contributed by atoms with Crippen LogP contribution in [0.5, 0.6) is 0 Å². The van der Waals surface area contributed by atoms with Gasteiger partial charge in [0.1, 0.15) is 6.61 Å². The van der Waals surface area contributed by atoms with Crippen molar-refractivity contribution in [3.05, 3.63) is 59.7 Å². The lowest BCUT2D eigenvalue weighted by atomic mass is 9.98. The van der Waals surface area contributed by atoms with E-state index < -0.39 is 12.1 Å². The lowest BCUT2D eigenvalue weighted by Gasteiger charge is -2.16. The Balaban J connectivity index is 1.55. The van der Waals surface area contributed by atoms with Gasteiger partial charge < -0.3 is 15.2 Å². The van der Waals surface area contributed by atoms with Crippen LogP contribution in [-0.4, -0.2) is 55.4 Å². The van der Waals surface area contributed by atoms with Crippen molar-refractivity contribution >= 4 is 12.1 Å². The van der Waals surface area contributed by atoms with E-state index in [0.717, 1.165) is 0 Å². The standard InChI is InChI=1S/C20H22N2O4/c1-22(12-19(23)24)11-10-21-20(25)26-13-18-16-8-4-2-6-14(16)15-7-3-5-9-17(15)18/h2-9,18H,10-13H2,1H3,(H,21,25)(H,23,24). The molecule has 0 aromatic heterocycles. The van der Waals surface area contributed by atoms with E-state index in [1.165, 1.54) is 22.3 Å². The summed E-state index contributed by atoms with van der Waals surface area (Å²) >= 11 is 0. The van der Waals surface area contributed by atoms with Crippen LogP contribution in [0.2, 0.25) is 0 Å². The fourth-order valence-corrected chi connectivity index (χ4v) is 3.31. The summed E-state index contributed by atoms with van der Waals surface area (Å²) in [6.45, 7) is 0.980. The zero-order valence-corrected chi connectivity index (χ0v) is 14.6. The summed E-state index contributed by atoms with van der Waals surface area (Å²) in [6, 6.07) is 16.3. The molecular weight excluding hydrogens is 332 g/mol. The third-order valence-electron chi connectivity index (χ3n) is 4.51. The molecule has 136 valence electrons. The summed E-state index contributed by atoms with van der Waals surface area (Å²) in [4.78, 5) is 24.2. The number of ether oxygens (including phenoxy) is 1. The molecule has 6 heteroatoms. The number of carboxylic acid groups (broad SMARTS) is 1. The summed E-state index contributed by atoms with van der Waals surface area (Å²) in [5, 5.41) is 11.4. The van der Waals surface area contributed by atoms with Crippen molar-refractivity contribution in [2.24, 2.45) is 0 Å². The van der Waals surface area contributed by atoms with Crippen LogP contribution in [0.4, 0.5) is 4.79 Å². The van der Waals surface area contributed by atoms with Gasteiger partial charge in [-0.15, -0.1) is 0 Å². The molecule has 26 heavy (non-hydrogen) atoms. The van der Waals surface area contributed by atoms with Gasteiger partial charge in [0.05, 0.1) is 6.54 Å². The van der Waals surface area contributed by atoms with E-state index in [4.69, 9.17) is 9.84 Å². The molecule has 0 unspecified atom stereocenters. The first kappa shape index (κ1) is 17.9. The zero-order chi connectivity index (χ0) is 18.5. The lowest BCUT2D eigenvalue weighted by molar-refractivity contribution is -0.137. The highest BCUT2D eigenvalue weighted by molar-refractivity contribution is 5.79. The van der Waals surface area contributed by atoms with Gasteiger partial charge in [-0.3, -0.25) is 9.69 Å². The Morgan fingerprint density at radius 3 is 2.23 bits per heavy atom. The molecule has 2 N–H and O–H groups in total. The van der Waals surface area contributed by atoms with E-state index in [1.54, 1.807) is 11.9 Å². The minimum Gasteiger partial charge on any atom is -0.480 e. The number of nitrogens with one attached hydrogen (secondary N) is 1. The summed E-state index contributed by atoms with van der Waals surface area (Å²) in [5.41, 5.74) is 4.71. The van der Waals surface area contributed by atoms with E-state index >= 15 is 0 Å². The predicted octanol–water partition coefficient (Wildman–Crippen LogP) is 2.54. The van der Waals surface area contributed by atoms with Gasteiger partial charge in [-0.1, -0.05) is 48.5 Å². The number of aliphatic carboxylic acids is 1. The molecule has 0 atom stereocenters. The first-order chi connectivity index (χ1) is 12.6. The van der Waals surface area contributed by atoms with Crippen molar-refractivity contribution in [3.8, 4) is 11.1 Å². The molecule has 2 aromatic rings. The number of alkyl carbamates (subject to hydrolysis) is 1. The first-order valence-corrected chi connectivity index (χ1v) is 8.55. The van der Waals surface area contributed by atoms with Gasteiger partial charge in [-0.25, -0.2) is 4.79 Å². The number of hydrogen-bond acceptors (Lipinski definition) is 4. The van der Waals surface area contributed by atoms with Gasteiger partial charge in [0, 0.05) is 19.0 Å². The minimum absolute atomic E-state index is 0.0304. The highest BCUT2D eigenvalue weighted by Crippen LogP contribution is 2.44. The largest absolute Gasteiger partial charge is 0.480 e. The monoisotopic (exact) mass is 354 g/mol. The molecule has 0 radical (unpaired) electrons. The second-order valence-electron chi connectivity index (χ2n) is 6.38. The van der Waals surface area contributed by atoms with E-state index in [1.807, 2.05) is 24.3 Å². The molecule has 1 aliphatic carbocycles. The topological polar surface area (TPSA) is 78.9 Å².